The van der Waals surface area contributed by atoms with Crippen LogP contribution in [0.4, 0.5) is 0 Å². The summed E-state index contributed by atoms with van der Waals surface area (Å²) < 4.78 is 6.61. The summed E-state index contributed by atoms with van der Waals surface area (Å²) in [6, 6.07) is 13.6. The molecule has 5 heteroatoms. The molecular formula is C15H16BrNO2S. The van der Waals surface area contributed by atoms with E-state index in [-0.39, 0.29) is 5.91 Å². The molecule has 3 nitrogen and oxygen atoms in total. The highest BCUT2D eigenvalue weighted by Gasteiger charge is 2.10. The summed E-state index contributed by atoms with van der Waals surface area (Å²) in [6.45, 7) is 1.04. The first-order chi connectivity index (χ1) is 9.65. The fourth-order valence-electron chi connectivity index (χ4n) is 1.72. The highest BCUT2D eigenvalue weighted by atomic mass is 79.9. The number of amides is 1. The van der Waals surface area contributed by atoms with Gasteiger partial charge >= 0.3 is 0 Å². The summed E-state index contributed by atoms with van der Waals surface area (Å²) in [6.07, 6.45) is 0.387. The topological polar surface area (TPSA) is 29.5 Å². The normalized spacial score (nSPS) is 10.3. The molecule has 2 aromatic rings. The van der Waals surface area contributed by atoms with Crippen LogP contribution in [0.5, 0.6) is 5.75 Å². The van der Waals surface area contributed by atoms with Crippen LogP contribution in [0.1, 0.15) is 11.3 Å². The molecule has 20 heavy (non-hydrogen) atoms. The van der Waals surface area contributed by atoms with E-state index in [1.54, 1.807) is 16.2 Å². The molecule has 0 spiro atoms. The number of ether oxygens (including phenoxy) is 1. The summed E-state index contributed by atoms with van der Waals surface area (Å²) in [5, 5.41) is 0. The number of carbonyl (C=O) groups is 1. The van der Waals surface area contributed by atoms with Crippen molar-refractivity contribution < 1.29 is 9.53 Å². The second-order valence-electron chi connectivity index (χ2n) is 4.37. The zero-order chi connectivity index (χ0) is 14.4. The van der Waals surface area contributed by atoms with Gasteiger partial charge in [0.15, 0.2) is 0 Å². The molecule has 0 atom stereocenters. The minimum atomic E-state index is 0.0884. The molecule has 1 aromatic heterocycles. The predicted octanol–water partition coefficient (Wildman–Crippen LogP) is 3.94. The fourth-order valence-corrected chi connectivity index (χ4v) is 3.26. The van der Waals surface area contributed by atoms with Gasteiger partial charge in [-0.1, -0.05) is 18.2 Å². The van der Waals surface area contributed by atoms with E-state index in [0.29, 0.717) is 19.6 Å². The molecule has 0 saturated carbocycles. The van der Waals surface area contributed by atoms with Crippen LogP contribution in [0.15, 0.2) is 46.3 Å². The summed E-state index contributed by atoms with van der Waals surface area (Å²) in [5.41, 5.74) is 0. The van der Waals surface area contributed by atoms with Crippen molar-refractivity contribution >= 4 is 33.2 Å². The molecule has 0 radical (unpaired) electrons. The molecule has 1 heterocycles. The minimum absolute atomic E-state index is 0.0884. The second kappa shape index (κ2) is 7.45. The van der Waals surface area contributed by atoms with Gasteiger partial charge in [0, 0.05) is 11.9 Å². The first-order valence-electron chi connectivity index (χ1n) is 6.31. The number of carbonyl (C=O) groups excluding carboxylic acids is 1. The second-order valence-corrected chi connectivity index (χ2v) is 6.91. The number of benzene rings is 1. The Bertz CT molecular complexity index is 556. The number of hydrogen-bond donors (Lipinski definition) is 0. The SMILES string of the molecule is CN(Cc1ccc(Br)s1)C(=O)CCOc1ccccc1. The van der Waals surface area contributed by atoms with Gasteiger partial charge in [-0.05, 0) is 40.2 Å². The number of para-hydroxylation sites is 1. The molecule has 0 aliphatic carbocycles. The smallest absolute Gasteiger partial charge is 0.226 e. The number of nitrogens with zero attached hydrogens (tertiary/aromatic N) is 1. The van der Waals surface area contributed by atoms with Crippen LogP contribution in [-0.2, 0) is 11.3 Å². The molecule has 106 valence electrons. The van der Waals surface area contributed by atoms with Crippen LogP contribution >= 0.6 is 27.3 Å². The number of hydrogen-bond acceptors (Lipinski definition) is 3. The van der Waals surface area contributed by atoms with Crippen molar-refractivity contribution in [3.63, 3.8) is 0 Å². The van der Waals surface area contributed by atoms with Crippen LogP contribution in [0.3, 0.4) is 0 Å². The van der Waals surface area contributed by atoms with Crippen molar-refractivity contribution in [1.29, 1.82) is 0 Å². The van der Waals surface area contributed by atoms with E-state index in [1.807, 2.05) is 49.5 Å². The average molecular weight is 354 g/mol. The Kier molecular flexibility index (Phi) is 5.61. The lowest BCUT2D eigenvalue weighted by Crippen LogP contribution is -2.27. The maximum Gasteiger partial charge on any atom is 0.226 e. The van der Waals surface area contributed by atoms with Crippen LogP contribution in [0.2, 0.25) is 0 Å². The summed E-state index contributed by atoms with van der Waals surface area (Å²) >= 11 is 5.07. The average Bonchev–Trinajstić information content (AvgIpc) is 2.85. The Morgan fingerprint density at radius 2 is 2.00 bits per heavy atom. The Labute approximate surface area is 131 Å². The lowest BCUT2D eigenvalue weighted by Gasteiger charge is -2.16. The molecule has 1 aromatic carbocycles. The molecule has 0 bridgehead atoms. The van der Waals surface area contributed by atoms with E-state index in [1.165, 1.54) is 0 Å². The third kappa shape index (κ3) is 4.65. The van der Waals surface area contributed by atoms with Gasteiger partial charge in [-0.15, -0.1) is 11.3 Å². The van der Waals surface area contributed by atoms with Crippen LogP contribution in [0, 0.1) is 0 Å². The van der Waals surface area contributed by atoms with Crippen molar-refractivity contribution in [2.45, 2.75) is 13.0 Å². The maximum atomic E-state index is 12.0. The Hall–Kier alpha value is -1.33. The molecule has 0 N–H and O–H groups in total. The summed E-state index contributed by atoms with van der Waals surface area (Å²) in [7, 11) is 1.82. The standard InChI is InChI=1S/C15H16BrNO2S/c1-17(11-13-7-8-14(16)20-13)15(18)9-10-19-12-5-3-2-4-6-12/h2-8H,9-11H2,1H3. The molecule has 0 saturated heterocycles. The zero-order valence-electron chi connectivity index (χ0n) is 11.2. The third-order valence-electron chi connectivity index (χ3n) is 2.78. The lowest BCUT2D eigenvalue weighted by atomic mass is 10.3. The van der Waals surface area contributed by atoms with Gasteiger partial charge in [-0.2, -0.15) is 0 Å². The van der Waals surface area contributed by atoms with Gasteiger partial charge in [-0.3, -0.25) is 4.79 Å². The van der Waals surface area contributed by atoms with Crippen molar-refractivity contribution in [2.75, 3.05) is 13.7 Å². The first kappa shape index (κ1) is 15.1. The van der Waals surface area contributed by atoms with Crippen molar-refractivity contribution in [2.24, 2.45) is 0 Å². The Balaban J connectivity index is 1.74. The highest BCUT2D eigenvalue weighted by Crippen LogP contribution is 2.23. The quantitative estimate of drug-likeness (QED) is 0.787. The molecule has 0 aliphatic rings. The molecule has 2 rings (SSSR count). The van der Waals surface area contributed by atoms with E-state index in [9.17, 15) is 4.79 Å². The number of thiophene rings is 1. The Morgan fingerprint density at radius 1 is 1.25 bits per heavy atom. The fraction of sp³-hybridized carbons (Fsp3) is 0.267. The van der Waals surface area contributed by atoms with E-state index in [2.05, 4.69) is 15.9 Å². The lowest BCUT2D eigenvalue weighted by molar-refractivity contribution is -0.130. The predicted molar refractivity (Wildman–Crippen MR) is 85.0 cm³/mol. The first-order valence-corrected chi connectivity index (χ1v) is 7.92. The van der Waals surface area contributed by atoms with Gasteiger partial charge in [0.2, 0.25) is 5.91 Å². The van der Waals surface area contributed by atoms with Crippen LogP contribution in [0.25, 0.3) is 0 Å². The van der Waals surface area contributed by atoms with E-state index < -0.39 is 0 Å². The molecule has 0 aliphatic heterocycles. The van der Waals surface area contributed by atoms with Crippen molar-refractivity contribution in [1.82, 2.24) is 4.90 Å². The van der Waals surface area contributed by atoms with Crippen molar-refractivity contribution in [3.05, 3.63) is 51.1 Å². The monoisotopic (exact) mass is 353 g/mol. The van der Waals surface area contributed by atoms with E-state index in [4.69, 9.17) is 4.74 Å². The zero-order valence-corrected chi connectivity index (χ0v) is 13.6. The highest BCUT2D eigenvalue weighted by molar-refractivity contribution is 9.11. The molecular weight excluding hydrogens is 338 g/mol. The third-order valence-corrected chi connectivity index (χ3v) is 4.38. The van der Waals surface area contributed by atoms with Gasteiger partial charge < -0.3 is 9.64 Å². The summed E-state index contributed by atoms with van der Waals surface area (Å²) in [4.78, 5) is 14.9. The van der Waals surface area contributed by atoms with E-state index >= 15 is 0 Å². The molecule has 0 fully saturated rings. The van der Waals surface area contributed by atoms with Gasteiger partial charge in [0.1, 0.15) is 5.75 Å². The van der Waals surface area contributed by atoms with E-state index in [0.717, 1.165) is 14.4 Å². The number of rotatable bonds is 6. The van der Waals surface area contributed by atoms with Gasteiger partial charge in [-0.25, -0.2) is 0 Å². The Morgan fingerprint density at radius 3 is 2.65 bits per heavy atom. The van der Waals surface area contributed by atoms with Crippen LogP contribution in [-0.4, -0.2) is 24.5 Å². The van der Waals surface area contributed by atoms with Crippen molar-refractivity contribution in [3.8, 4) is 5.75 Å². The molecule has 1 amide bonds. The largest absolute Gasteiger partial charge is 0.493 e. The summed E-state index contributed by atoms with van der Waals surface area (Å²) in [5.74, 6) is 0.885. The number of halogens is 1. The molecule has 0 unspecified atom stereocenters. The minimum Gasteiger partial charge on any atom is -0.493 e. The maximum absolute atomic E-state index is 12.0. The van der Waals surface area contributed by atoms with Gasteiger partial charge in [0.05, 0.1) is 23.4 Å². The van der Waals surface area contributed by atoms with Crippen LogP contribution < -0.4 is 4.74 Å². The van der Waals surface area contributed by atoms with Gasteiger partial charge in [0.25, 0.3) is 0 Å².